The fourth-order valence-electron chi connectivity index (χ4n) is 2.77. The highest BCUT2D eigenvalue weighted by molar-refractivity contribution is 4.88. The Morgan fingerprint density at radius 2 is 2.00 bits per heavy atom. The van der Waals surface area contributed by atoms with Crippen molar-refractivity contribution >= 4 is 0 Å². The van der Waals surface area contributed by atoms with Gasteiger partial charge in [0, 0.05) is 12.3 Å². The largest absolute Gasteiger partial charge is 0.347 e. The summed E-state index contributed by atoms with van der Waals surface area (Å²) in [6.45, 7) is 2.38. The molecule has 3 nitrogen and oxygen atoms in total. The van der Waals surface area contributed by atoms with Crippen molar-refractivity contribution in [3.8, 4) is 0 Å². The number of nitrogens with two attached hydrogens (primary N) is 1. The molecule has 3 heteroatoms. The SMILES string of the molecule is NCCCCC1CCCC12OCCO2. The van der Waals surface area contributed by atoms with E-state index in [4.69, 9.17) is 15.2 Å². The molecular formula is C11H21NO2. The van der Waals surface area contributed by atoms with Gasteiger partial charge in [0.15, 0.2) is 5.79 Å². The minimum absolute atomic E-state index is 0.186. The molecule has 0 amide bonds. The zero-order valence-electron chi connectivity index (χ0n) is 8.84. The first-order chi connectivity index (χ1) is 6.87. The number of rotatable bonds is 4. The van der Waals surface area contributed by atoms with Crippen LogP contribution in [0.25, 0.3) is 0 Å². The maximum Gasteiger partial charge on any atom is 0.171 e. The summed E-state index contributed by atoms with van der Waals surface area (Å²) < 4.78 is 11.6. The van der Waals surface area contributed by atoms with E-state index in [0.29, 0.717) is 5.92 Å². The summed E-state index contributed by atoms with van der Waals surface area (Å²) in [7, 11) is 0. The van der Waals surface area contributed by atoms with Crippen molar-refractivity contribution in [1.29, 1.82) is 0 Å². The first kappa shape index (κ1) is 10.4. The van der Waals surface area contributed by atoms with Gasteiger partial charge >= 0.3 is 0 Å². The van der Waals surface area contributed by atoms with E-state index >= 15 is 0 Å². The molecule has 2 N–H and O–H groups in total. The fourth-order valence-corrected chi connectivity index (χ4v) is 2.77. The predicted octanol–water partition coefficient (Wildman–Crippen LogP) is 1.66. The molecular weight excluding hydrogens is 178 g/mol. The summed E-state index contributed by atoms with van der Waals surface area (Å²) in [6.07, 6.45) is 7.19. The Kier molecular flexibility index (Phi) is 3.42. The molecule has 82 valence electrons. The van der Waals surface area contributed by atoms with Gasteiger partial charge in [-0.3, -0.25) is 0 Å². The Hall–Kier alpha value is -0.120. The molecule has 1 unspecified atom stereocenters. The van der Waals surface area contributed by atoms with Gasteiger partial charge in [-0.25, -0.2) is 0 Å². The maximum atomic E-state index is 5.79. The summed E-state index contributed by atoms with van der Waals surface area (Å²) in [4.78, 5) is 0. The Morgan fingerprint density at radius 1 is 1.21 bits per heavy atom. The van der Waals surface area contributed by atoms with Crippen molar-refractivity contribution in [2.75, 3.05) is 19.8 Å². The first-order valence-electron chi connectivity index (χ1n) is 5.85. The highest BCUT2D eigenvalue weighted by Crippen LogP contribution is 2.44. The smallest absolute Gasteiger partial charge is 0.171 e. The van der Waals surface area contributed by atoms with Crippen LogP contribution in [0.2, 0.25) is 0 Å². The molecule has 0 aromatic carbocycles. The monoisotopic (exact) mass is 199 g/mol. The molecule has 0 radical (unpaired) electrons. The second-order valence-corrected chi connectivity index (χ2v) is 4.38. The lowest BCUT2D eigenvalue weighted by Crippen LogP contribution is -2.34. The van der Waals surface area contributed by atoms with Crippen LogP contribution in [-0.2, 0) is 9.47 Å². The van der Waals surface area contributed by atoms with E-state index in [1.165, 1.54) is 25.7 Å². The van der Waals surface area contributed by atoms with E-state index in [1.807, 2.05) is 0 Å². The van der Waals surface area contributed by atoms with Crippen molar-refractivity contribution in [2.45, 2.75) is 44.3 Å². The van der Waals surface area contributed by atoms with Crippen molar-refractivity contribution < 1.29 is 9.47 Å². The second kappa shape index (κ2) is 4.60. The van der Waals surface area contributed by atoms with E-state index in [1.54, 1.807) is 0 Å². The van der Waals surface area contributed by atoms with Gasteiger partial charge in [-0.1, -0.05) is 6.42 Å². The normalized spacial score (nSPS) is 30.2. The van der Waals surface area contributed by atoms with Crippen molar-refractivity contribution in [2.24, 2.45) is 11.7 Å². The van der Waals surface area contributed by atoms with E-state index < -0.39 is 0 Å². The molecule has 1 spiro atoms. The van der Waals surface area contributed by atoms with E-state index in [2.05, 4.69) is 0 Å². The summed E-state index contributed by atoms with van der Waals surface area (Å²) >= 11 is 0. The van der Waals surface area contributed by atoms with Crippen molar-refractivity contribution in [3.63, 3.8) is 0 Å². The first-order valence-corrected chi connectivity index (χ1v) is 5.85. The number of hydrogen-bond donors (Lipinski definition) is 1. The van der Waals surface area contributed by atoms with Gasteiger partial charge in [-0.05, 0) is 32.2 Å². The topological polar surface area (TPSA) is 44.5 Å². The van der Waals surface area contributed by atoms with Crippen LogP contribution in [0.1, 0.15) is 38.5 Å². The molecule has 0 aromatic heterocycles. The molecule has 0 aromatic rings. The molecule has 2 fully saturated rings. The van der Waals surface area contributed by atoms with Gasteiger partial charge in [0.25, 0.3) is 0 Å². The molecule has 1 aliphatic carbocycles. The lowest BCUT2D eigenvalue weighted by molar-refractivity contribution is -0.182. The molecule has 2 aliphatic rings. The van der Waals surface area contributed by atoms with Crippen molar-refractivity contribution in [1.82, 2.24) is 0 Å². The zero-order valence-corrected chi connectivity index (χ0v) is 8.84. The fraction of sp³-hybridized carbons (Fsp3) is 1.00. The van der Waals surface area contributed by atoms with Crippen LogP contribution in [0.5, 0.6) is 0 Å². The average Bonchev–Trinajstić information content (AvgIpc) is 2.80. The summed E-state index contributed by atoms with van der Waals surface area (Å²) in [6, 6.07) is 0. The highest BCUT2D eigenvalue weighted by Gasteiger charge is 2.47. The van der Waals surface area contributed by atoms with E-state index in [-0.39, 0.29) is 5.79 Å². The average molecular weight is 199 g/mol. The standard InChI is InChI=1S/C11H21NO2/c12-7-2-1-4-10-5-3-6-11(10)13-8-9-14-11/h10H,1-9,12H2. The molecule has 0 bridgehead atoms. The minimum Gasteiger partial charge on any atom is -0.347 e. The summed E-state index contributed by atoms with van der Waals surface area (Å²) in [5.74, 6) is 0.436. The van der Waals surface area contributed by atoms with Crippen LogP contribution in [0.4, 0.5) is 0 Å². The number of hydrogen-bond acceptors (Lipinski definition) is 3. The lowest BCUT2D eigenvalue weighted by atomic mass is 9.95. The minimum atomic E-state index is -0.186. The van der Waals surface area contributed by atoms with Gasteiger partial charge < -0.3 is 15.2 Å². The van der Waals surface area contributed by atoms with Gasteiger partial charge in [-0.2, -0.15) is 0 Å². The van der Waals surface area contributed by atoms with Gasteiger partial charge in [-0.15, -0.1) is 0 Å². The summed E-state index contributed by atoms with van der Waals surface area (Å²) in [5.41, 5.74) is 5.50. The van der Waals surface area contributed by atoms with Gasteiger partial charge in [0.1, 0.15) is 0 Å². The third kappa shape index (κ3) is 1.95. The lowest BCUT2D eigenvalue weighted by Gasteiger charge is -2.29. The van der Waals surface area contributed by atoms with Crippen LogP contribution in [0.15, 0.2) is 0 Å². The molecule has 1 atom stereocenters. The molecule has 1 aliphatic heterocycles. The van der Waals surface area contributed by atoms with Crippen LogP contribution in [-0.4, -0.2) is 25.5 Å². The maximum absolute atomic E-state index is 5.79. The Balaban J connectivity index is 1.84. The Labute approximate surface area is 85.9 Å². The third-order valence-corrected chi connectivity index (χ3v) is 3.48. The van der Waals surface area contributed by atoms with Crippen molar-refractivity contribution in [3.05, 3.63) is 0 Å². The van der Waals surface area contributed by atoms with Crippen LogP contribution in [0.3, 0.4) is 0 Å². The molecule has 1 saturated heterocycles. The zero-order chi connectivity index (χ0) is 9.86. The highest BCUT2D eigenvalue weighted by atomic mass is 16.7. The molecule has 14 heavy (non-hydrogen) atoms. The molecule has 1 saturated carbocycles. The predicted molar refractivity (Wildman–Crippen MR) is 54.9 cm³/mol. The van der Waals surface area contributed by atoms with Gasteiger partial charge in [0.05, 0.1) is 13.2 Å². The number of unbranched alkanes of at least 4 members (excludes halogenated alkanes) is 1. The van der Waals surface area contributed by atoms with Crippen LogP contribution >= 0.6 is 0 Å². The second-order valence-electron chi connectivity index (χ2n) is 4.38. The molecule has 1 heterocycles. The van der Waals surface area contributed by atoms with Crippen LogP contribution in [0, 0.1) is 5.92 Å². The number of ether oxygens (including phenoxy) is 2. The van der Waals surface area contributed by atoms with E-state index in [0.717, 1.165) is 32.6 Å². The summed E-state index contributed by atoms with van der Waals surface area (Å²) in [5, 5.41) is 0. The Morgan fingerprint density at radius 3 is 2.71 bits per heavy atom. The van der Waals surface area contributed by atoms with E-state index in [9.17, 15) is 0 Å². The molecule has 2 rings (SSSR count). The quantitative estimate of drug-likeness (QED) is 0.700. The van der Waals surface area contributed by atoms with Gasteiger partial charge in [0.2, 0.25) is 0 Å². The third-order valence-electron chi connectivity index (χ3n) is 3.48. The van der Waals surface area contributed by atoms with Crippen LogP contribution < -0.4 is 5.73 Å². The Bertz CT molecular complexity index is 173.